The van der Waals surface area contributed by atoms with Gasteiger partial charge in [-0.1, -0.05) is 48.5 Å². The van der Waals surface area contributed by atoms with Gasteiger partial charge in [-0.2, -0.15) is 0 Å². The molecule has 29 heavy (non-hydrogen) atoms. The first-order valence-electron chi connectivity index (χ1n) is 9.85. The van der Waals surface area contributed by atoms with Gasteiger partial charge < -0.3 is 14.7 Å². The molecule has 1 amide bonds. The van der Waals surface area contributed by atoms with E-state index in [1.165, 1.54) is 0 Å². The van der Waals surface area contributed by atoms with E-state index in [0.29, 0.717) is 18.9 Å². The Labute approximate surface area is 171 Å². The molecule has 1 aliphatic rings. The van der Waals surface area contributed by atoms with E-state index in [2.05, 4.69) is 21.9 Å². The normalized spacial score (nSPS) is 14.0. The first-order chi connectivity index (χ1) is 14.1. The Hall–Kier alpha value is -3.41. The molecule has 0 spiro atoms. The van der Waals surface area contributed by atoms with Crippen LogP contribution in [0.25, 0.3) is 11.4 Å². The number of carbonyl (C=O) groups excluding carboxylic acids is 1. The minimum atomic E-state index is 0.127. The quantitative estimate of drug-likeness (QED) is 0.685. The maximum Gasteiger partial charge on any atom is 0.219 e. The van der Waals surface area contributed by atoms with Crippen LogP contribution in [0.15, 0.2) is 66.7 Å². The molecule has 2 aromatic carbocycles. The van der Waals surface area contributed by atoms with Crippen LogP contribution in [0.2, 0.25) is 0 Å². The lowest BCUT2D eigenvalue weighted by Gasteiger charge is -2.35. The molecule has 0 unspecified atom stereocenters. The van der Waals surface area contributed by atoms with Crippen molar-refractivity contribution >= 4 is 23.2 Å². The number of anilines is 3. The van der Waals surface area contributed by atoms with Crippen LogP contribution in [0.5, 0.6) is 0 Å². The van der Waals surface area contributed by atoms with E-state index >= 15 is 0 Å². The fourth-order valence-corrected chi connectivity index (χ4v) is 3.51. The van der Waals surface area contributed by atoms with Gasteiger partial charge in [0.2, 0.25) is 5.91 Å². The minimum Gasteiger partial charge on any atom is -0.353 e. The zero-order valence-electron chi connectivity index (χ0n) is 16.8. The summed E-state index contributed by atoms with van der Waals surface area (Å²) in [5.41, 5.74) is 2.05. The highest BCUT2D eigenvalue weighted by molar-refractivity contribution is 5.73. The van der Waals surface area contributed by atoms with Gasteiger partial charge in [0.15, 0.2) is 5.82 Å². The van der Waals surface area contributed by atoms with Crippen LogP contribution in [0, 0.1) is 0 Å². The van der Waals surface area contributed by atoms with Crippen LogP contribution in [0.3, 0.4) is 0 Å². The fraction of sp³-hybridized carbons (Fsp3) is 0.261. The molecule has 148 valence electrons. The molecule has 2 heterocycles. The van der Waals surface area contributed by atoms with Gasteiger partial charge in [-0.3, -0.25) is 4.79 Å². The number of nitrogens with zero attached hydrogens (tertiary/aromatic N) is 5. The first kappa shape index (κ1) is 18.9. The van der Waals surface area contributed by atoms with Crippen LogP contribution in [0.4, 0.5) is 17.3 Å². The van der Waals surface area contributed by atoms with Crippen molar-refractivity contribution in [3.8, 4) is 11.4 Å². The van der Waals surface area contributed by atoms with Crippen molar-refractivity contribution in [1.82, 2.24) is 14.9 Å². The number of amides is 1. The Kier molecular flexibility index (Phi) is 5.42. The summed E-state index contributed by atoms with van der Waals surface area (Å²) in [5, 5.41) is 0. The number of hydrogen-bond acceptors (Lipinski definition) is 5. The van der Waals surface area contributed by atoms with Gasteiger partial charge >= 0.3 is 0 Å². The van der Waals surface area contributed by atoms with Crippen molar-refractivity contribution < 1.29 is 4.79 Å². The van der Waals surface area contributed by atoms with E-state index in [0.717, 1.165) is 36.0 Å². The zero-order valence-corrected chi connectivity index (χ0v) is 16.8. The van der Waals surface area contributed by atoms with Crippen LogP contribution in [-0.2, 0) is 4.79 Å². The maximum absolute atomic E-state index is 11.7. The van der Waals surface area contributed by atoms with Gasteiger partial charge in [0.25, 0.3) is 0 Å². The monoisotopic (exact) mass is 387 g/mol. The molecule has 6 heteroatoms. The van der Waals surface area contributed by atoms with Gasteiger partial charge in [-0.25, -0.2) is 9.97 Å². The van der Waals surface area contributed by atoms with Crippen LogP contribution >= 0.6 is 0 Å². The standard InChI is InChI=1S/C23H25N5O/c1-18(29)27-13-15-28(16-14-27)22-17-21(26(2)20-11-7-4-8-12-20)24-23(25-22)19-9-5-3-6-10-19/h3-12,17H,13-16H2,1-2H3. The molecule has 1 aromatic heterocycles. The molecule has 3 aromatic rings. The van der Waals surface area contributed by atoms with Crippen molar-refractivity contribution in [1.29, 1.82) is 0 Å². The second-order valence-corrected chi connectivity index (χ2v) is 7.16. The van der Waals surface area contributed by atoms with Gasteiger partial charge in [0.1, 0.15) is 11.6 Å². The largest absolute Gasteiger partial charge is 0.353 e. The summed E-state index contributed by atoms with van der Waals surface area (Å²) in [6, 6.07) is 22.2. The third kappa shape index (κ3) is 4.21. The second kappa shape index (κ2) is 8.31. The smallest absolute Gasteiger partial charge is 0.219 e. The zero-order chi connectivity index (χ0) is 20.2. The Bertz CT molecular complexity index is 969. The molecule has 1 fully saturated rings. The van der Waals surface area contributed by atoms with E-state index < -0.39 is 0 Å². The molecular formula is C23H25N5O. The molecule has 0 radical (unpaired) electrons. The van der Waals surface area contributed by atoms with Gasteiger partial charge in [-0.15, -0.1) is 0 Å². The molecule has 0 saturated carbocycles. The average Bonchev–Trinajstić information content (AvgIpc) is 2.79. The highest BCUT2D eigenvalue weighted by atomic mass is 16.2. The molecule has 0 bridgehead atoms. The maximum atomic E-state index is 11.7. The van der Waals surface area contributed by atoms with Gasteiger partial charge in [0, 0.05) is 57.5 Å². The van der Waals surface area contributed by atoms with Crippen molar-refractivity contribution in [2.45, 2.75) is 6.92 Å². The van der Waals surface area contributed by atoms with Crippen molar-refractivity contribution in [3.05, 3.63) is 66.7 Å². The highest BCUT2D eigenvalue weighted by Gasteiger charge is 2.21. The predicted molar refractivity (Wildman–Crippen MR) is 116 cm³/mol. The summed E-state index contributed by atoms with van der Waals surface area (Å²) in [7, 11) is 2.02. The first-order valence-corrected chi connectivity index (χ1v) is 9.85. The Morgan fingerprint density at radius 1 is 0.897 bits per heavy atom. The van der Waals surface area contributed by atoms with Crippen molar-refractivity contribution in [3.63, 3.8) is 0 Å². The average molecular weight is 387 g/mol. The van der Waals surface area contributed by atoms with E-state index in [-0.39, 0.29) is 5.91 Å². The van der Waals surface area contributed by atoms with Gasteiger partial charge in [-0.05, 0) is 12.1 Å². The number of para-hydroxylation sites is 1. The van der Waals surface area contributed by atoms with Crippen molar-refractivity contribution in [2.75, 3.05) is 43.0 Å². The van der Waals surface area contributed by atoms with E-state index in [1.807, 2.05) is 66.5 Å². The number of aromatic nitrogens is 2. The molecule has 1 saturated heterocycles. The molecule has 4 rings (SSSR count). The lowest BCUT2D eigenvalue weighted by atomic mass is 10.2. The molecule has 1 aliphatic heterocycles. The fourth-order valence-electron chi connectivity index (χ4n) is 3.51. The van der Waals surface area contributed by atoms with E-state index in [9.17, 15) is 4.79 Å². The summed E-state index contributed by atoms with van der Waals surface area (Å²) in [5.74, 6) is 2.56. The van der Waals surface area contributed by atoms with Crippen LogP contribution in [0.1, 0.15) is 6.92 Å². The Morgan fingerprint density at radius 3 is 2.14 bits per heavy atom. The topological polar surface area (TPSA) is 52.6 Å². The number of carbonyl (C=O) groups is 1. The summed E-state index contributed by atoms with van der Waals surface area (Å²) in [4.78, 5) is 27.5. The molecular weight excluding hydrogens is 362 g/mol. The summed E-state index contributed by atoms with van der Waals surface area (Å²) in [6.45, 7) is 4.58. The molecule has 0 atom stereocenters. The number of piperazine rings is 1. The lowest BCUT2D eigenvalue weighted by molar-refractivity contribution is -0.129. The SMILES string of the molecule is CC(=O)N1CCN(c2cc(N(C)c3ccccc3)nc(-c3ccccc3)n2)CC1. The third-order valence-corrected chi connectivity index (χ3v) is 5.27. The lowest BCUT2D eigenvalue weighted by Crippen LogP contribution is -2.48. The number of benzene rings is 2. The minimum absolute atomic E-state index is 0.127. The van der Waals surface area contributed by atoms with Crippen LogP contribution in [-0.4, -0.2) is 54.0 Å². The number of rotatable bonds is 4. The molecule has 0 N–H and O–H groups in total. The molecule has 6 nitrogen and oxygen atoms in total. The highest BCUT2D eigenvalue weighted by Crippen LogP contribution is 2.28. The summed E-state index contributed by atoms with van der Waals surface area (Å²) >= 11 is 0. The van der Waals surface area contributed by atoms with Gasteiger partial charge in [0.05, 0.1) is 0 Å². The second-order valence-electron chi connectivity index (χ2n) is 7.16. The third-order valence-electron chi connectivity index (χ3n) is 5.27. The van der Waals surface area contributed by atoms with Crippen LogP contribution < -0.4 is 9.80 Å². The van der Waals surface area contributed by atoms with E-state index in [4.69, 9.17) is 9.97 Å². The Balaban J connectivity index is 1.70. The predicted octanol–water partition coefficient (Wildman–Crippen LogP) is 3.58. The van der Waals surface area contributed by atoms with Crippen molar-refractivity contribution in [2.24, 2.45) is 0 Å². The van der Waals surface area contributed by atoms with E-state index in [1.54, 1.807) is 6.92 Å². The summed E-state index contributed by atoms with van der Waals surface area (Å²) in [6.07, 6.45) is 0. The number of hydrogen-bond donors (Lipinski definition) is 0. The summed E-state index contributed by atoms with van der Waals surface area (Å²) < 4.78 is 0. The Morgan fingerprint density at radius 2 is 1.52 bits per heavy atom. The molecule has 0 aliphatic carbocycles.